The number of aliphatic hydroxyl groups excluding tert-OH is 1. The molecule has 0 spiro atoms. The summed E-state index contributed by atoms with van der Waals surface area (Å²) in [5.74, 6) is 0. The summed E-state index contributed by atoms with van der Waals surface area (Å²) in [5.41, 5.74) is 2.00. The van der Waals surface area contributed by atoms with Crippen LogP contribution < -0.4 is 5.48 Å². The first-order valence-corrected chi connectivity index (χ1v) is 2.80. The maximum absolute atomic E-state index is 8.79. The second-order valence-electron chi connectivity index (χ2n) is 1.88. The fourth-order valence-corrected chi connectivity index (χ4v) is 0.540. The van der Waals surface area contributed by atoms with E-state index in [-0.39, 0.29) is 6.04 Å². The van der Waals surface area contributed by atoms with Crippen LogP contribution in [0, 0.1) is 0 Å². The third-order valence-corrected chi connectivity index (χ3v) is 1.19. The summed E-state index contributed by atoms with van der Waals surface area (Å²) in [6.45, 7) is 3.53. The molecule has 0 rings (SSSR count). The van der Waals surface area contributed by atoms with Crippen LogP contribution in [0.25, 0.3) is 0 Å². The summed E-state index contributed by atoms with van der Waals surface area (Å²) < 4.78 is 0. The Labute approximate surface area is 49.3 Å². The van der Waals surface area contributed by atoms with Crippen molar-refractivity contribution in [3.8, 4) is 0 Å². The Hall–Kier alpha value is -0.120. The van der Waals surface area contributed by atoms with E-state index in [9.17, 15) is 0 Å². The number of rotatable bonds is 3. The predicted octanol–water partition coefficient (Wildman–Crippen LogP) is 0.125. The van der Waals surface area contributed by atoms with Gasteiger partial charge in [-0.15, -0.1) is 0 Å². The molecule has 3 nitrogen and oxygen atoms in total. The van der Waals surface area contributed by atoms with Gasteiger partial charge in [0.2, 0.25) is 0 Å². The highest BCUT2D eigenvalue weighted by Gasteiger charge is 2.08. The van der Waals surface area contributed by atoms with E-state index in [1.54, 1.807) is 6.92 Å². The van der Waals surface area contributed by atoms with Crippen molar-refractivity contribution in [2.75, 3.05) is 0 Å². The van der Waals surface area contributed by atoms with Crippen LogP contribution in [0.1, 0.15) is 20.3 Å². The summed E-state index contributed by atoms with van der Waals surface area (Å²) in [5, 5.41) is 17.1. The first-order chi connectivity index (χ1) is 3.72. The van der Waals surface area contributed by atoms with Gasteiger partial charge in [0.25, 0.3) is 0 Å². The van der Waals surface area contributed by atoms with Gasteiger partial charge in [-0.25, -0.2) is 0 Å². The van der Waals surface area contributed by atoms with Crippen LogP contribution in [-0.2, 0) is 0 Å². The highest BCUT2D eigenvalue weighted by Crippen LogP contribution is 1.94. The molecule has 8 heavy (non-hydrogen) atoms. The van der Waals surface area contributed by atoms with Crippen LogP contribution in [0.15, 0.2) is 0 Å². The smallest absolute Gasteiger partial charge is 0.0687 e. The van der Waals surface area contributed by atoms with Crippen LogP contribution in [0.4, 0.5) is 0 Å². The monoisotopic (exact) mass is 119 g/mol. The lowest BCUT2D eigenvalue weighted by atomic mass is 10.1. The Morgan fingerprint density at radius 1 is 1.62 bits per heavy atom. The molecule has 2 atom stereocenters. The molecular formula is C5H13NO2. The van der Waals surface area contributed by atoms with E-state index in [2.05, 4.69) is 0 Å². The Morgan fingerprint density at radius 2 is 2.12 bits per heavy atom. The van der Waals surface area contributed by atoms with E-state index in [1.165, 1.54) is 0 Å². The molecule has 0 fully saturated rings. The molecule has 0 bridgehead atoms. The molecule has 0 amide bonds. The van der Waals surface area contributed by atoms with Gasteiger partial charge in [-0.2, -0.15) is 5.48 Å². The lowest BCUT2D eigenvalue weighted by Crippen LogP contribution is -2.35. The van der Waals surface area contributed by atoms with Gasteiger partial charge in [0.15, 0.2) is 0 Å². The van der Waals surface area contributed by atoms with Crippen molar-refractivity contribution in [1.29, 1.82) is 0 Å². The van der Waals surface area contributed by atoms with Gasteiger partial charge in [0, 0.05) is 0 Å². The summed E-state index contributed by atoms with van der Waals surface area (Å²) in [4.78, 5) is 0. The lowest BCUT2D eigenvalue weighted by molar-refractivity contribution is 0.0471. The number of hydrogen-bond donors (Lipinski definition) is 3. The van der Waals surface area contributed by atoms with Crippen LogP contribution in [0.5, 0.6) is 0 Å². The summed E-state index contributed by atoms with van der Waals surface area (Å²) in [6, 6.07) is -0.185. The molecular weight excluding hydrogens is 106 g/mol. The zero-order chi connectivity index (χ0) is 6.57. The van der Waals surface area contributed by atoms with E-state index in [0.29, 0.717) is 0 Å². The van der Waals surface area contributed by atoms with Crippen molar-refractivity contribution in [2.45, 2.75) is 32.4 Å². The summed E-state index contributed by atoms with van der Waals surface area (Å²) in [7, 11) is 0. The maximum atomic E-state index is 8.79. The fourth-order valence-electron chi connectivity index (χ4n) is 0.540. The first kappa shape index (κ1) is 7.88. The van der Waals surface area contributed by atoms with Gasteiger partial charge in [-0.1, -0.05) is 6.92 Å². The molecule has 0 aromatic heterocycles. The molecule has 0 aromatic carbocycles. The number of hydroxylamine groups is 1. The van der Waals surface area contributed by atoms with Crippen LogP contribution in [0.3, 0.4) is 0 Å². The van der Waals surface area contributed by atoms with E-state index in [0.717, 1.165) is 6.42 Å². The zero-order valence-corrected chi connectivity index (χ0v) is 5.26. The predicted molar refractivity (Wildman–Crippen MR) is 30.7 cm³/mol. The second kappa shape index (κ2) is 3.83. The molecule has 0 radical (unpaired) electrons. The standard InChI is InChI=1S/C5H13NO2/c1-3-5(6-8)4(2)7/h4-8H,3H2,1-2H3. The normalized spacial score (nSPS) is 18.0. The molecule has 0 aliphatic carbocycles. The van der Waals surface area contributed by atoms with Crippen LogP contribution >= 0.6 is 0 Å². The van der Waals surface area contributed by atoms with E-state index in [4.69, 9.17) is 10.3 Å². The van der Waals surface area contributed by atoms with Crippen LogP contribution in [0.2, 0.25) is 0 Å². The second-order valence-corrected chi connectivity index (χ2v) is 1.88. The van der Waals surface area contributed by atoms with E-state index >= 15 is 0 Å². The topological polar surface area (TPSA) is 52.5 Å². The molecule has 0 aliphatic rings. The van der Waals surface area contributed by atoms with Gasteiger partial charge in [-0.05, 0) is 13.3 Å². The molecule has 0 aliphatic heterocycles. The molecule has 0 saturated carbocycles. The third-order valence-electron chi connectivity index (χ3n) is 1.19. The van der Waals surface area contributed by atoms with Crippen molar-refractivity contribution in [3.63, 3.8) is 0 Å². The van der Waals surface area contributed by atoms with Gasteiger partial charge < -0.3 is 10.3 Å². The molecule has 2 unspecified atom stereocenters. The maximum Gasteiger partial charge on any atom is 0.0687 e. The first-order valence-electron chi connectivity index (χ1n) is 2.80. The van der Waals surface area contributed by atoms with Gasteiger partial charge in [-0.3, -0.25) is 0 Å². The summed E-state index contributed by atoms with van der Waals surface area (Å²) in [6.07, 6.45) is 0.249. The van der Waals surface area contributed by atoms with Crippen molar-refractivity contribution in [3.05, 3.63) is 0 Å². The highest BCUT2D eigenvalue weighted by molar-refractivity contribution is 4.64. The molecule has 0 heterocycles. The number of nitrogens with one attached hydrogen (secondary N) is 1. The Balaban J connectivity index is 3.35. The average Bonchev–Trinajstić information content (AvgIpc) is 1.69. The largest absolute Gasteiger partial charge is 0.392 e. The van der Waals surface area contributed by atoms with E-state index in [1.807, 2.05) is 12.4 Å². The highest BCUT2D eigenvalue weighted by atomic mass is 16.5. The zero-order valence-electron chi connectivity index (χ0n) is 5.26. The Morgan fingerprint density at radius 3 is 2.12 bits per heavy atom. The summed E-state index contributed by atoms with van der Waals surface area (Å²) >= 11 is 0. The van der Waals surface area contributed by atoms with Gasteiger partial charge in [0.1, 0.15) is 0 Å². The van der Waals surface area contributed by atoms with E-state index < -0.39 is 6.10 Å². The van der Waals surface area contributed by atoms with Crippen LogP contribution in [-0.4, -0.2) is 22.5 Å². The fraction of sp³-hybridized carbons (Fsp3) is 1.00. The van der Waals surface area contributed by atoms with Crippen molar-refractivity contribution < 1.29 is 10.3 Å². The van der Waals surface area contributed by atoms with Gasteiger partial charge >= 0.3 is 0 Å². The Bertz CT molecular complexity index is 52.4. The molecule has 0 saturated heterocycles. The van der Waals surface area contributed by atoms with Crippen molar-refractivity contribution in [1.82, 2.24) is 5.48 Å². The van der Waals surface area contributed by atoms with Crippen molar-refractivity contribution >= 4 is 0 Å². The lowest BCUT2D eigenvalue weighted by Gasteiger charge is -2.14. The quantitative estimate of drug-likeness (QED) is 0.463. The minimum atomic E-state index is -0.481. The van der Waals surface area contributed by atoms with Crippen molar-refractivity contribution in [2.24, 2.45) is 0 Å². The average molecular weight is 119 g/mol. The minimum absolute atomic E-state index is 0.185. The minimum Gasteiger partial charge on any atom is -0.392 e. The molecule has 0 aromatic rings. The third kappa shape index (κ3) is 2.26. The number of hydrogen-bond acceptors (Lipinski definition) is 3. The molecule has 3 heteroatoms. The Kier molecular flexibility index (Phi) is 3.77. The molecule has 3 N–H and O–H groups in total. The SMILES string of the molecule is CCC(NO)C(C)O. The number of aliphatic hydroxyl groups is 1. The molecule has 50 valence electrons. The van der Waals surface area contributed by atoms with Gasteiger partial charge in [0.05, 0.1) is 12.1 Å².